The molecule has 0 saturated heterocycles. The van der Waals surface area contributed by atoms with Crippen molar-refractivity contribution in [3.63, 3.8) is 0 Å². The maximum Gasteiger partial charge on any atom is 0.0935 e. The molecule has 0 aromatic heterocycles. The molecule has 0 bridgehead atoms. The van der Waals surface area contributed by atoms with Crippen molar-refractivity contribution in [1.29, 1.82) is 0 Å². The van der Waals surface area contributed by atoms with Gasteiger partial charge < -0.3 is 0 Å². The lowest BCUT2D eigenvalue weighted by atomic mass is 9.84. The Kier molecular flexibility index (Phi) is 8.13. The molecule has 0 fully saturated rings. The zero-order valence-electron chi connectivity index (χ0n) is 13.6. The van der Waals surface area contributed by atoms with Gasteiger partial charge in [0.05, 0.1) is 12.7 Å². The molecule has 0 spiro atoms. The highest BCUT2D eigenvalue weighted by atomic mass is 17.2. The van der Waals surface area contributed by atoms with Gasteiger partial charge in [0.15, 0.2) is 0 Å². The number of hydrogen-bond donors (Lipinski definition) is 0. The second-order valence-electron chi connectivity index (χ2n) is 7.76. The van der Waals surface area contributed by atoms with Crippen molar-refractivity contribution in [2.24, 2.45) is 10.8 Å². The summed E-state index contributed by atoms with van der Waals surface area (Å²) < 4.78 is 0. The summed E-state index contributed by atoms with van der Waals surface area (Å²) in [5.41, 5.74) is 0.652. The first-order valence-corrected chi connectivity index (χ1v) is 7.42. The van der Waals surface area contributed by atoms with Crippen LogP contribution in [0.25, 0.3) is 0 Å². The fourth-order valence-electron chi connectivity index (χ4n) is 1.81. The maximum atomic E-state index is 5.62. The van der Waals surface area contributed by atoms with E-state index in [1.54, 1.807) is 0 Å². The molecule has 0 rings (SSSR count). The van der Waals surface area contributed by atoms with Crippen LogP contribution in [0, 0.1) is 10.8 Å². The topological polar surface area (TPSA) is 18.5 Å². The molecule has 0 amide bonds. The molecule has 1 atom stereocenters. The first-order valence-electron chi connectivity index (χ1n) is 7.42. The molecule has 1 unspecified atom stereocenters. The van der Waals surface area contributed by atoms with Crippen LogP contribution >= 0.6 is 0 Å². The van der Waals surface area contributed by atoms with Gasteiger partial charge in [-0.1, -0.05) is 54.9 Å². The molecule has 110 valence electrons. The zero-order chi connectivity index (χ0) is 14.2. The van der Waals surface area contributed by atoms with Gasteiger partial charge in [0.25, 0.3) is 0 Å². The van der Waals surface area contributed by atoms with Crippen LogP contribution in [0.4, 0.5) is 0 Å². The number of unbranched alkanes of at least 4 members (excludes halogenated alkanes) is 1. The molecule has 0 saturated carbocycles. The van der Waals surface area contributed by atoms with Crippen LogP contribution in [0.3, 0.4) is 0 Å². The second kappa shape index (κ2) is 8.16. The number of hydrogen-bond acceptors (Lipinski definition) is 2. The molecular weight excluding hydrogens is 224 g/mol. The van der Waals surface area contributed by atoms with Gasteiger partial charge in [0.2, 0.25) is 0 Å². The molecule has 0 aliphatic rings. The van der Waals surface area contributed by atoms with Crippen LogP contribution in [0.1, 0.15) is 80.6 Å². The van der Waals surface area contributed by atoms with Crippen LogP contribution in [0.15, 0.2) is 0 Å². The molecule has 18 heavy (non-hydrogen) atoms. The summed E-state index contributed by atoms with van der Waals surface area (Å²) in [6.07, 6.45) is 5.74. The van der Waals surface area contributed by atoms with Crippen LogP contribution in [-0.2, 0) is 9.78 Å². The molecule has 0 aromatic carbocycles. The van der Waals surface area contributed by atoms with Crippen LogP contribution in [0.5, 0.6) is 0 Å². The fourth-order valence-corrected chi connectivity index (χ4v) is 1.81. The van der Waals surface area contributed by atoms with Gasteiger partial charge in [-0.2, -0.15) is 0 Å². The summed E-state index contributed by atoms with van der Waals surface area (Å²) in [4.78, 5) is 11.0. The van der Waals surface area contributed by atoms with E-state index in [4.69, 9.17) is 9.78 Å². The van der Waals surface area contributed by atoms with Crippen LogP contribution in [0.2, 0.25) is 0 Å². The Labute approximate surface area is 114 Å². The van der Waals surface area contributed by atoms with Crippen molar-refractivity contribution in [2.75, 3.05) is 6.61 Å². The summed E-state index contributed by atoms with van der Waals surface area (Å²) >= 11 is 0. The highest BCUT2D eigenvalue weighted by Crippen LogP contribution is 2.29. The van der Waals surface area contributed by atoms with E-state index in [9.17, 15) is 0 Å². The Morgan fingerprint density at radius 3 is 2.00 bits per heavy atom. The Bertz CT molecular complexity index is 198. The summed E-state index contributed by atoms with van der Waals surface area (Å²) in [7, 11) is 0. The fraction of sp³-hybridized carbons (Fsp3) is 1.00. The Hall–Kier alpha value is -0.0800. The summed E-state index contributed by atoms with van der Waals surface area (Å²) in [6, 6.07) is 0. The first kappa shape index (κ1) is 17.9. The maximum absolute atomic E-state index is 5.62. The van der Waals surface area contributed by atoms with E-state index in [2.05, 4.69) is 48.5 Å². The molecule has 2 nitrogen and oxygen atoms in total. The third-order valence-corrected chi connectivity index (χ3v) is 2.84. The quantitative estimate of drug-likeness (QED) is 0.331. The highest BCUT2D eigenvalue weighted by molar-refractivity contribution is 4.72. The molecular formula is C16H34O2. The van der Waals surface area contributed by atoms with Crippen molar-refractivity contribution < 1.29 is 9.78 Å². The van der Waals surface area contributed by atoms with Gasteiger partial charge in [0.1, 0.15) is 0 Å². The summed E-state index contributed by atoms with van der Waals surface area (Å²) in [5, 5.41) is 0. The standard InChI is InChI=1S/C16H34O2/c1-8-9-12-17-18-14(13-16(5,6)7)10-11-15(2,3)4/h14H,8-13H2,1-7H3. The van der Waals surface area contributed by atoms with E-state index in [0.717, 1.165) is 25.7 Å². The lowest BCUT2D eigenvalue weighted by molar-refractivity contribution is -0.330. The van der Waals surface area contributed by atoms with Crippen LogP contribution in [-0.4, -0.2) is 12.7 Å². The zero-order valence-corrected chi connectivity index (χ0v) is 13.6. The minimum absolute atomic E-state index is 0.223. The molecule has 0 radical (unpaired) electrons. The van der Waals surface area contributed by atoms with Crippen molar-refractivity contribution in [1.82, 2.24) is 0 Å². The van der Waals surface area contributed by atoms with Gasteiger partial charge in [-0.3, -0.25) is 0 Å². The van der Waals surface area contributed by atoms with E-state index in [-0.39, 0.29) is 11.5 Å². The third kappa shape index (κ3) is 12.4. The predicted molar refractivity (Wildman–Crippen MR) is 78.5 cm³/mol. The average Bonchev–Trinajstić information content (AvgIpc) is 2.17. The monoisotopic (exact) mass is 258 g/mol. The second-order valence-corrected chi connectivity index (χ2v) is 7.76. The molecule has 0 aromatic rings. The van der Waals surface area contributed by atoms with E-state index in [1.165, 1.54) is 6.42 Å². The lowest BCUT2D eigenvalue weighted by Gasteiger charge is -2.27. The van der Waals surface area contributed by atoms with E-state index < -0.39 is 0 Å². The van der Waals surface area contributed by atoms with Crippen LogP contribution < -0.4 is 0 Å². The largest absolute Gasteiger partial charge is 0.236 e. The van der Waals surface area contributed by atoms with E-state index >= 15 is 0 Å². The van der Waals surface area contributed by atoms with E-state index in [0.29, 0.717) is 12.0 Å². The third-order valence-electron chi connectivity index (χ3n) is 2.84. The first-order chi connectivity index (χ1) is 8.14. The Morgan fingerprint density at radius 1 is 0.944 bits per heavy atom. The number of rotatable bonds is 8. The molecule has 0 heterocycles. The Balaban J connectivity index is 4.08. The molecule has 0 aliphatic carbocycles. The van der Waals surface area contributed by atoms with Gasteiger partial charge in [-0.25, -0.2) is 9.78 Å². The highest BCUT2D eigenvalue weighted by Gasteiger charge is 2.22. The van der Waals surface area contributed by atoms with Gasteiger partial charge in [-0.05, 0) is 36.5 Å². The van der Waals surface area contributed by atoms with Gasteiger partial charge >= 0.3 is 0 Å². The van der Waals surface area contributed by atoms with Gasteiger partial charge in [0, 0.05) is 0 Å². The molecule has 2 heteroatoms. The normalized spacial score (nSPS) is 14.8. The summed E-state index contributed by atoms with van der Waals surface area (Å²) in [5.74, 6) is 0. The van der Waals surface area contributed by atoms with Crippen molar-refractivity contribution in [3.8, 4) is 0 Å². The summed E-state index contributed by atoms with van der Waals surface area (Å²) in [6.45, 7) is 16.5. The minimum atomic E-state index is 0.223. The van der Waals surface area contributed by atoms with Gasteiger partial charge in [-0.15, -0.1) is 0 Å². The SMILES string of the molecule is CCCCOOC(CCC(C)(C)C)CC(C)(C)C. The van der Waals surface area contributed by atoms with E-state index in [1.807, 2.05) is 0 Å². The molecule has 0 N–H and O–H groups in total. The predicted octanol–water partition coefficient (Wildman–Crippen LogP) is 5.37. The lowest BCUT2D eigenvalue weighted by Crippen LogP contribution is -2.23. The van der Waals surface area contributed by atoms with Crippen molar-refractivity contribution >= 4 is 0 Å². The smallest absolute Gasteiger partial charge is 0.0935 e. The van der Waals surface area contributed by atoms with Crippen molar-refractivity contribution in [3.05, 3.63) is 0 Å². The Morgan fingerprint density at radius 2 is 1.56 bits per heavy atom. The molecule has 0 aliphatic heterocycles. The van der Waals surface area contributed by atoms with Crippen molar-refractivity contribution in [2.45, 2.75) is 86.7 Å². The minimum Gasteiger partial charge on any atom is -0.236 e. The average molecular weight is 258 g/mol.